The summed E-state index contributed by atoms with van der Waals surface area (Å²) in [6.45, 7) is 2.03. The lowest BCUT2D eigenvalue weighted by Gasteiger charge is -2.25. The Morgan fingerprint density at radius 3 is 2.54 bits per heavy atom. The van der Waals surface area contributed by atoms with Crippen LogP contribution in [0.2, 0.25) is 0 Å². The number of morpholine rings is 1. The highest BCUT2D eigenvalue weighted by atomic mass is 32.2. The fourth-order valence-electron chi connectivity index (χ4n) is 1.04. The predicted octanol–water partition coefficient (Wildman–Crippen LogP) is -1.22. The molecule has 0 aromatic heterocycles. The molecular weight excluding hydrogens is 198 g/mol. The van der Waals surface area contributed by atoms with Gasteiger partial charge in [-0.1, -0.05) is 0 Å². The van der Waals surface area contributed by atoms with Crippen LogP contribution in [0.25, 0.3) is 0 Å². The van der Waals surface area contributed by atoms with E-state index in [0.717, 1.165) is 0 Å². The van der Waals surface area contributed by atoms with Gasteiger partial charge in [0.2, 0.25) is 0 Å². The van der Waals surface area contributed by atoms with E-state index in [-0.39, 0.29) is 12.3 Å². The number of nitrogens with zero attached hydrogens (tertiary/aromatic N) is 1. The number of carbonyl (C=O) groups is 1. The second-order valence-electron chi connectivity index (χ2n) is 2.61. The summed E-state index contributed by atoms with van der Waals surface area (Å²) in [5.41, 5.74) is 0. The molecule has 1 saturated heterocycles. The maximum Gasteiger partial charge on any atom is 0.324 e. The number of hydrogen-bond donors (Lipinski definition) is 0. The average Bonchev–Trinajstić information content (AvgIpc) is 2.04. The van der Waals surface area contributed by atoms with Crippen molar-refractivity contribution < 1.29 is 22.1 Å². The fourth-order valence-corrected chi connectivity index (χ4v) is 1.93. The van der Waals surface area contributed by atoms with Gasteiger partial charge in [0, 0.05) is 13.1 Å². The van der Waals surface area contributed by atoms with Crippen molar-refractivity contribution in [1.29, 1.82) is 0 Å². The van der Waals surface area contributed by atoms with Gasteiger partial charge in [0.05, 0.1) is 13.2 Å². The molecule has 0 aromatic carbocycles. The van der Waals surface area contributed by atoms with Crippen LogP contribution in [0.5, 0.6) is 0 Å². The third kappa shape index (κ3) is 3.71. The molecule has 1 heterocycles. The van der Waals surface area contributed by atoms with Gasteiger partial charge >= 0.3 is 16.6 Å². The molecule has 0 radical (unpaired) electrons. The van der Waals surface area contributed by atoms with Crippen molar-refractivity contribution >= 4 is 16.6 Å². The lowest BCUT2D eigenvalue weighted by molar-refractivity contribution is -0.120. The lowest BCUT2D eigenvalue weighted by atomic mass is 10.5. The standard InChI is InChI=1S/C6H11NO5S/c8-6-12-13(9,10)5-7-1-3-11-4-2-7/h6H,1-5H2. The molecule has 0 spiro atoms. The summed E-state index contributed by atoms with van der Waals surface area (Å²) in [6.07, 6.45) is 0. The highest BCUT2D eigenvalue weighted by Crippen LogP contribution is 2.01. The van der Waals surface area contributed by atoms with Gasteiger partial charge in [-0.25, -0.2) is 0 Å². The van der Waals surface area contributed by atoms with Gasteiger partial charge in [0.15, 0.2) is 0 Å². The van der Waals surface area contributed by atoms with Crippen LogP contribution in [0.3, 0.4) is 0 Å². The van der Waals surface area contributed by atoms with Crippen molar-refractivity contribution in [2.75, 3.05) is 32.2 Å². The van der Waals surface area contributed by atoms with Crippen LogP contribution in [-0.2, 0) is 23.8 Å². The van der Waals surface area contributed by atoms with Crippen LogP contribution >= 0.6 is 0 Å². The van der Waals surface area contributed by atoms with Crippen molar-refractivity contribution in [2.24, 2.45) is 0 Å². The first-order valence-electron chi connectivity index (χ1n) is 3.79. The average molecular weight is 209 g/mol. The minimum absolute atomic E-state index is 0.0736. The zero-order valence-electron chi connectivity index (χ0n) is 7.01. The molecule has 0 bridgehead atoms. The zero-order chi connectivity index (χ0) is 9.73. The molecule has 0 amide bonds. The van der Waals surface area contributed by atoms with Crippen LogP contribution in [0, 0.1) is 0 Å². The number of carbonyl (C=O) groups excluding carboxylic acids is 1. The quantitative estimate of drug-likeness (QED) is 0.427. The Kier molecular flexibility index (Phi) is 3.64. The van der Waals surface area contributed by atoms with E-state index >= 15 is 0 Å². The highest BCUT2D eigenvalue weighted by molar-refractivity contribution is 7.87. The molecule has 0 unspecified atom stereocenters. The molecule has 1 fully saturated rings. The second kappa shape index (κ2) is 4.54. The van der Waals surface area contributed by atoms with E-state index in [1.165, 1.54) is 0 Å². The van der Waals surface area contributed by atoms with Gasteiger partial charge in [-0.3, -0.25) is 9.69 Å². The molecule has 0 atom stereocenters. The van der Waals surface area contributed by atoms with E-state index in [2.05, 4.69) is 4.18 Å². The molecule has 0 aliphatic carbocycles. The molecule has 1 aliphatic rings. The summed E-state index contributed by atoms with van der Waals surface area (Å²) < 4.78 is 30.9. The van der Waals surface area contributed by atoms with E-state index in [1.807, 2.05) is 0 Å². The number of ether oxygens (including phenoxy) is 1. The van der Waals surface area contributed by atoms with E-state index in [4.69, 9.17) is 4.74 Å². The van der Waals surface area contributed by atoms with E-state index in [1.54, 1.807) is 4.90 Å². The zero-order valence-corrected chi connectivity index (χ0v) is 7.83. The summed E-state index contributed by atoms with van der Waals surface area (Å²) in [6, 6.07) is 0. The van der Waals surface area contributed by atoms with Crippen LogP contribution in [-0.4, -0.2) is 52.0 Å². The monoisotopic (exact) mass is 209 g/mol. The van der Waals surface area contributed by atoms with Gasteiger partial charge in [-0.2, -0.15) is 8.42 Å². The largest absolute Gasteiger partial charge is 0.379 e. The summed E-state index contributed by atoms with van der Waals surface area (Å²) in [7, 11) is -3.73. The molecule has 0 aromatic rings. The predicted molar refractivity (Wildman–Crippen MR) is 43.3 cm³/mol. The van der Waals surface area contributed by atoms with Crippen molar-refractivity contribution in [3.8, 4) is 0 Å². The first-order chi connectivity index (χ1) is 6.14. The Morgan fingerprint density at radius 2 is 2.00 bits per heavy atom. The normalized spacial score (nSPS) is 19.7. The van der Waals surface area contributed by atoms with Gasteiger partial charge in [-0.05, 0) is 0 Å². The summed E-state index contributed by atoms with van der Waals surface area (Å²) >= 11 is 0. The van der Waals surface area contributed by atoms with Crippen LogP contribution < -0.4 is 0 Å². The Labute approximate surface area is 76.5 Å². The van der Waals surface area contributed by atoms with Gasteiger partial charge in [0.25, 0.3) is 0 Å². The number of hydrogen-bond acceptors (Lipinski definition) is 6. The Balaban J connectivity index is 2.41. The van der Waals surface area contributed by atoms with Crippen molar-refractivity contribution in [3.05, 3.63) is 0 Å². The first kappa shape index (κ1) is 10.4. The Morgan fingerprint density at radius 1 is 1.38 bits per heavy atom. The molecule has 7 heteroatoms. The third-order valence-corrected chi connectivity index (χ3v) is 2.68. The van der Waals surface area contributed by atoms with Crippen molar-refractivity contribution in [1.82, 2.24) is 4.90 Å². The first-order valence-corrected chi connectivity index (χ1v) is 5.36. The lowest BCUT2D eigenvalue weighted by Crippen LogP contribution is -2.39. The molecule has 76 valence electrons. The highest BCUT2D eigenvalue weighted by Gasteiger charge is 2.19. The smallest absolute Gasteiger partial charge is 0.324 e. The summed E-state index contributed by atoms with van der Waals surface area (Å²) in [5, 5.41) is 0. The van der Waals surface area contributed by atoms with E-state index < -0.39 is 10.1 Å². The van der Waals surface area contributed by atoms with Crippen molar-refractivity contribution in [2.45, 2.75) is 0 Å². The molecular formula is C6H11NO5S. The second-order valence-corrected chi connectivity index (χ2v) is 4.18. The molecule has 13 heavy (non-hydrogen) atoms. The summed E-state index contributed by atoms with van der Waals surface area (Å²) in [4.78, 5) is 11.5. The summed E-state index contributed by atoms with van der Waals surface area (Å²) in [5.74, 6) is -0.255. The molecule has 0 saturated carbocycles. The topological polar surface area (TPSA) is 72.9 Å². The minimum atomic E-state index is -3.73. The number of rotatable bonds is 4. The van der Waals surface area contributed by atoms with Gasteiger partial charge in [-0.15, -0.1) is 0 Å². The molecule has 6 nitrogen and oxygen atoms in total. The van der Waals surface area contributed by atoms with Crippen LogP contribution in [0.15, 0.2) is 0 Å². The third-order valence-electron chi connectivity index (χ3n) is 1.63. The maximum atomic E-state index is 11.0. The van der Waals surface area contributed by atoms with Crippen molar-refractivity contribution in [3.63, 3.8) is 0 Å². The Bertz CT molecular complexity index is 256. The molecule has 1 aliphatic heterocycles. The maximum absolute atomic E-state index is 11.0. The van der Waals surface area contributed by atoms with E-state index in [0.29, 0.717) is 26.3 Å². The molecule has 0 N–H and O–H groups in total. The SMILES string of the molecule is O=COS(=O)(=O)CN1CCOCC1. The van der Waals surface area contributed by atoms with Crippen LogP contribution in [0.1, 0.15) is 0 Å². The van der Waals surface area contributed by atoms with E-state index in [9.17, 15) is 13.2 Å². The Hall–Kier alpha value is -0.660. The van der Waals surface area contributed by atoms with Crippen LogP contribution in [0.4, 0.5) is 0 Å². The minimum Gasteiger partial charge on any atom is -0.379 e. The molecule has 1 rings (SSSR count). The van der Waals surface area contributed by atoms with Gasteiger partial charge < -0.3 is 8.92 Å². The fraction of sp³-hybridized carbons (Fsp3) is 0.833. The van der Waals surface area contributed by atoms with Gasteiger partial charge in [0.1, 0.15) is 5.88 Å².